The van der Waals surface area contributed by atoms with E-state index in [0.29, 0.717) is 11.0 Å². The number of carboxylic acids is 1. The maximum Gasteiger partial charge on any atom is 0.335 e. The van der Waals surface area contributed by atoms with Gasteiger partial charge in [-0.2, -0.15) is 0 Å². The van der Waals surface area contributed by atoms with Crippen molar-refractivity contribution < 1.29 is 18.7 Å². The number of hydrogen-bond acceptors (Lipinski definition) is 3. The second-order valence-corrected chi connectivity index (χ2v) is 4.37. The summed E-state index contributed by atoms with van der Waals surface area (Å²) in [5.41, 5.74) is 1.21. The molecule has 1 heterocycles. The van der Waals surface area contributed by atoms with Crippen LogP contribution in [0.2, 0.25) is 0 Å². The fraction of sp³-hybridized carbons (Fsp3) is 0. The molecule has 0 amide bonds. The van der Waals surface area contributed by atoms with Crippen molar-refractivity contribution in [3.8, 4) is 0 Å². The topological polar surface area (TPSA) is 78.0 Å². The lowest BCUT2D eigenvalue weighted by atomic mass is 10.2. The fourth-order valence-corrected chi connectivity index (χ4v) is 1.92. The monoisotopic (exact) mass is 289 g/mol. The van der Waals surface area contributed by atoms with Gasteiger partial charge in [-0.05, 0) is 30.3 Å². The number of carboxylic acid groups (broad SMARTS) is 1. The highest BCUT2D eigenvalue weighted by Gasteiger charge is 2.09. The van der Waals surface area contributed by atoms with Gasteiger partial charge in [0.05, 0.1) is 22.3 Å². The summed E-state index contributed by atoms with van der Waals surface area (Å²) in [7, 11) is 0. The van der Waals surface area contributed by atoms with Crippen LogP contribution in [0.5, 0.6) is 0 Å². The lowest BCUT2D eigenvalue weighted by molar-refractivity contribution is 0.0697. The van der Waals surface area contributed by atoms with Gasteiger partial charge >= 0.3 is 5.97 Å². The van der Waals surface area contributed by atoms with Gasteiger partial charge < -0.3 is 15.4 Å². The summed E-state index contributed by atoms with van der Waals surface area (Å²) >= 11 is 0. The standard InChI is InChI=1S/C14H9F2N3O2/c15-8-2-4-10(9(16)6-8)17-14-18-11-3-1-7(13(20)21)5-12(11)19-14/h1-6H,(H,20,21)(H2,17,18,19). The highest BCUT2D eigenvalue weighted by molar-refractivity contribution is 5.92. The summed E-state index contributed by atoms with van der Waals surface area (Å²) < 4.78 is 26.4. The Bertz CT molecular complexity index is 845. The highest BCUT2D eigenvalue weighted by atomic mass is 19.1. The molecule has 3 aromatic rings. The molecule has 1 aromatic heterocycles. The Labute approximate surface area is 117 Å². The van der Waals surface area contributed by atoms with Crippen LogP contribution >= 0.6 is 0 Å². The molecule has 7 heteroatoms. The SMILES string of the molecule is O=C(O)c1ccc2nc(Nc3ccc(F)cc3F)[nH]c2c1. The zero-order valence-corrected chi connectivity index (χ0v) is 10.5. The van der Waals surface area contributed by atoms with Gasteiger partial charge in [-0.1, -0.05) is 0 Å². The van der Waals surface area contributed by atoms with E-state index in [-0.39, 0.29) is 17.2 Å². The van der Waals surface area contributed by atoms with Crippen molar-refractivity contribution in [2.75, 3.05) is 5.32 Å². The van der Waals surface area contributed by atoms with E-state index in [1.807, 2.05) is 0 Å². The maximum atomic E-state index is 13.5. The first-order chi connectivity index (χ1) is 10.0. The Morgan fingerprint density at radius 2 is 2.00 bits per heavy atom. The number of fused-ring (bicyclic) bond motifs is 1. The first-order valence-corrected chi connectivity index (χ1v) is 5.98. The molecule has 3 N–H and O–H groups in total. The number of hydrogen-bond donors (Lipinski definition) is 3. The minimum Gasteiger partial charge on any atom is -0.478 e. The lowest BCUT2D eigenvalue weighted by Crippen LogP contribution is -1.96. The van der Waals surface area contributed by atoms with E-state index >= 15 is 0 Å². The van der Waals surface area contributed by atoms with Crippen LogP contribution in [-0.4, -0.2) is 21.0 Å². The molecule has 0 aliphatic rings. The second kappa shape index (κ2) is 4.86. The fourth-order valence-electron chi connectivity index (χ4n) is 1.92. The van der Waals surface area contributed by atoms with E-state index in [9.17, 15) is 13.6 Å². The van der Waals surface area contributed by atoms with Gasteiger partial charge in [0.2, 0.25) is 5.95 Å². The van der Waals surface area contributed by atoms with Crippen molar-refractivity contribution in [1.82, 2.24) is 9.97 Å². The molecule has 0 bridgehead atoms. The van der Waals surface area contributed by atoms with Crippen LogP contribution in [0.15, 0.2) is 36.4 Å². The summed E-state index contributed by atoms with van der Waals surface area (Å²) in [5.74, 6) is -2.24. The largest absolute Gasteiger partial charge is 0.478 e. The van der Waals surface area contributed by atoms with Gasteiger partial charge in [-0.25, -0.2) is 18.6 Å². The molecule has 0 unspecified atom stereocenters. The summed E-state index contributed by atoms with van der Waals surface area (Å²) in [6.07, 6.45) is 0. The molecule has 0 saturated carbocycles. The molecule has 0 saturated heterocycles. The van der Waals surface area contributed by atoms with Gasteiger partial charge in [-0.3, -0.25) is 0 Å². The van der Waals surface area contributed by atoms with Crippen molar-refractivity contribution in [3.63, 3.8) is 0 Å². The normalized spacial score (nSPS) is 10.8. The molecule has 0 aliphatic carbocycles. The second-order valence-electron chi connectivity index (χ2n) is 4.37. The third-order valence-electron chi connectivity index (χ3n) is 2.91. The van der Waals surface area contributed by atoms with Crippen LogP contribution in [0.25, 0.3) is 11.0 Å². The van der Waals surface area contributed by atoms with Gasteiger partial charge in [-0.15, -0.1) is 0 Å². The number of aromatic amines is 1. The molecule has 5 nitrogen and oxygen atoms in total. The van der Waals surface area contributed by atoms with Crippen LogP contribution in [0, 0.1) is 11.6 Å². The van der Waals surface area contributed by atoms with Gasteiger partial charge in [0.1, 0.15) is 11.6 Å². The molecule has 0 radical (unpaired) electrons. The maximum absolute atomic E-state index is 13.5. The van der Waals surface area contributed by atoms with Gasteiger partial charge in [0, 0.05) is 6.07 Å². The van der Waals surface area contributed by atoms with Gasteiger partial charge in [0.25, 0.3) is 0 Å². The van der Waals surface area contributed by atoms with E-state index in [1.165, 1.54) is 18.2 Å². The molecule has 0 spiro atoms. The van der Waals surface area contributed by atoms with Crippen molar-refractivity contribution in [1.29, 1.82) is 0 Å². The minimum atomic E-state index is -1.05. The van der Waals surface area contributed by atoms with Crippen molar-refractivity contribution in [3.05, 3.63) is 53.6 Å². The number of nitrogens with zero attached hydrogens (tertiary/aromatic N) is 1. The molecule has 0 fully saturated rings. The van der Waals surface area contributed by atoms with Crippen molar-refractivity contribution in [2.45, 2.75) is 0 Å². The van der Waals surface area contributed by atoms with Crippen LogP contribution in [0.1, 0.15) is 10.4 Å². The van der Waals surface area contributed by atoms with Crippen LogP contribution in [0.4, 0.5) is 20.4 Å². The van der Waals surface area contributed by atoms with E-state index in [4.69, 9.17) is 5.11 Å². The lowest BCUT2D eigenvalue weighted by Gasteiger charge is -2.03. The first kappa shape index (κ1) is 13.0. The number of nitrogens with one attached hydrogen (secondary N) is 2. The summed E-state index contributed by atoms with van der Waals surface area (Å²) in [4.78, 5) is 17.9. The Balaban J connectivity index is 1.95. The van der Waals surface area contributed by atoms with Crippen molar-refractivity contribution >= 4 is 28.6 Å². The molecule has 3 rings (SSSR count). The number of aromatic carboxylic acids is 1. The number of carbonyl (C=O) groups is 1. The van der Waals surface area contributed by atoms with Crippen LogP contribution in [0.3, 0.4) is 0 Å². The number of anilines is 2. The smallest absolute Gasteiger partial charge is 0.335 e. The molecule has 21 heavy (non-hydrogen) atoms. The van der Waals surface area contributed by atoms with E-state index in [0.717, 1.165) is 12.1 Å². The molecule has 2 aromatic carbocycles. The number of aromatic nitrogens is 2. The zero-order chi connectivity index (χ0) is 15.0. The predicted molar refractivity (Wildman–Crippen MR) is 72.7 cm³/mol. The molecule has 0 aliphatic heterocycles. The minimum absolute atomic E-state index is 0.0638. The van der Waals surface area contributed by atoms with Crippen LogP contribution < -0.4 is 5.32 Å². The van der Waals surface area contributed by atoms with Crippen molar-refractivity contribution in [2.24, 2.45) is 0 Å². The molecule has 0 atom stereocenters. The molecular weight excluding hydrogens is 280 g/mol. The number of benzene rings is 2. The third kappa shape index (κ3) is 2.53. The average molecular weight is 289 g/mol. The highest BCUT2D eigenvalue weighted by Crippen LogP contribution is 2.22. The Morgan fingerprint density at radius 3 is 2.71 bits per heavy atom. The number of rotatable bonds is 3. The number of halogens is 2. The van der Waals surface area contributed by atoms with E-state index in [1.54, 1.807) is 6.07 Å². The van der Waals surface area contributed by atoms with E-state index < -0.39 is 17.6 Å². The zero-order valence-electron chi connectivity index (χ0n) is 10.5. The molecule has 106 valence electrons. The Hall–Kier alpha value is -2.96. The van der Waals surface area contributed by atoms with E-state index in [2.05, 4.69) is 15.3 Å². The average Bonchev–Trinajstić information content (AvgIpc) is 2.83. The number of H-pyrrole nitrogens is 1. The third-order valence-corrected chi connectivity index (χ3v) is 2.91. The quantitative estimate of drug-likeness (QED) is 0.691. The summed E-state index contributed by atoms with van der Waals surface area (Å²) in [6.45, 7) is 0. The number of imidazole rings is 1. The molecular formula is C14H9F2N3O2. The predicted octanol–water partition coefficient (Wildman–Crippen LogP) is 3.28. The van der Waals surface area contributed by atoms with Crippen LogP contribution in [-0.2, 0) is 0 Å². The summed E-state index contributed by atoms with van der Waals surface area (Å²) in [6, 6.07) is 7.52. The summed E-state index contributed by atoms with van der Waals surface area (Å²) in [5, 5.41) is 11.6. The van der Waals surface area contributed by atoms with Gasteiger partial charge in [0.15, 0.2) is 0 Å². The Morgan fingerprint density at radius 1 is 1.19 bits per heavy atom. The Kier molecular flexibility index (Phi) is 3.02. The first-order valence-electron chi connectivity index (χ1n) is 5.98.